The zero-order valence-corrected chi connectivity index (χ0v) is 14.4. The normalized spacial score (nSPS) is 10.8. The van der Waals surface area contributed by atoms with Gasteiger partial charge in [-0.05, 0) is 55.5 Å². The van der Waals surface area contributed by atoms with E-state index >= 15 is 0 Å². The van der Waals surface area contributed by atoms with E-state index in [0.717, 1.165) is 5.75 Å². The second-order valence-electron chi connectivity index (χ2n) is 4.89. The van der Waals surface area contributed by atoms with Crippen LogP contribution in [0.25, 0.3) is 0 Å². The van der Waals surface area contributed by atoms with Crippen LogP contribution in [0, 0.1) is 0 Å². The maximum Gasteiger partial charge on any atom is 0.321 e. The molecule has 0 unspecified atom stereocenters. The van der Waals surface area contributed by atoms with Crippen molar-refractivity contribution in [3.05, 3.63) is 48.5 Å². The third-order valence-electron chi connectivity index (χ3n) is 3.05. The summed E-state index contributed by atoms with van der Waals surface area (Å²) in [4.78, 5) is 11.7. The van der Waals surface area contributed by atoms with Gasteiger partial charge in [-0.15, -0.1) is 0 Å². The van der Waals surface area contributed by atoms with Crippen molar-refractivity contribution in [1.82, 2.24) is 5.32 Å². The van der Waals surface area contributed by atoms with Crippen molar-refractivity contribution in [2.45, 2.75) is 11.8 Å². The Bertz CT molecular complexity index is 805. The van der Waals surface area contributed by atoms with Crippen molar-refractivity contribution in [2.24, 2.45) is 5.14 Å². The molecule has 9 heteroatoms. The number of urea groups is 1. The van der Waals surface area contributed by atoms with E-state index in [-0.39, 0.29) is 11.6 Å². The molecular weight excluding hydrogens is 346 g/mol. The summed E-state index contributed by atoms with van der Waals surface area (Å²) in [5.74, 6) is 1.32. The van der Waals surface area contributed by atoms with E-state index in [1.54, 1.807) is 24.3 Å². The number of ether oxygens (including phenoxy) is 2. The lowest BCUT2D eigenvalue weighted by Gasteiger charge is -2.10. The molecule has 0 saturated heterocycles. The molecule has 0 fully saturated rings. The SMILES string of the molecule is CCOc1ccc(OCNC(=O)Nc2ccc(S(N)(=O)=O)cc2)cc1. The summed E-state index contributed by atoms with van der Waals surface area (Å²) in [6.07, 6.45) is 0. The van der Waals surface area contributed by atoms with Crippen molar-refractivity contribution in [3.63, 3.8) is 0 Å². The van der Waals surface area contributed by atoms with Crippen LogP contribution in [0.1, 0.15) is 6.92 Å². The lowest BCUT2D eigenvalue weighted by Crippen LogP contribution is -2.32. The largest absolute Gasteiger partial charge is 0.494 e. The summed E-state index contributed by atoms with van der Waals surface area (Å²) in [6, 6.07) is 12.0. The second-order valence-corrected chi connectivity index (χ2v) is 6.45. The summed E-state index contributed by atoms with van der Waals surface area (Å²) < 4.78 is 33.0. The molecule has 0 spiro atoms. The highest BCUT2D eigenvalue weighted by atomic mass is 32.2. The number of hydrogen-bond acceptors (Lipinski definition) is 5. The number of benzene rings is 2. The fourth-order valence-corrected chi connectivity index (χ4v) is 2.40. The summed E-state index contributed by atoms with van der Waals surface area (Å²) in [5, 5.41) is 10.1. The Morgan fingerprint density at radius 2 is 1.56 bits per heavy atom. The molecule has 0 aliphatic rings. The Kier molecular flexibility index (Phi) is 6.20. The third-order valence-corrected chi connectivity index (χ3v) is 3.98. The van der Waals surface area contributed by atoms with E-state index < -0.39 is 16.1 Å². The molecular formula is C16H19N3O5S. The first-order valence-corrected chi connectivity index (χ1v) is 8.96. The summed E-state index contributed by atoms with van der Waals surface area (Å²) in [6.45, 7) is 2.45. The number of amides is 2. The fourth-order valence-electron chi connectivity index (χ4n) is 1.89. The van der Waals surface area contributed by atoms with Crippen molar-refractivity contribution in [3.8, 4) is 11.5 Å². The van der Waals surface area contributed by atoms with Crippen molar-refractivity contribution >= 4 is 21.7 Å². The van der Waals surface area contributed by atoms with Crippen molar-refractivity contribution in [2.75, 3.05) is 18.7 Å². The van der Waals surface area contributed by atoms with Crippen LogP contribution in [0.15, 0.2) is 53.4 Å². The van der Waals surface area contributed by atoms with Crippen LogP contribution in [-0.4, -0.2) is 27.8 Å². The van der Waals surface area contributed by atoms with Crippen LogP contribution in [0.3, 0.4) is 0 Å². The fraction of sp³-hybridized carbons (Fsp3) is 0.188. The first kappa shape index (κ1) is 18.6. The van der Waals surface area contributed by atoms with Crippen LogP contribution in [0.4, 0.5) is 10.5 Å². The van der Waals surface area contributed by atoms with Gasteiger partial charge in [0.15, 0.2) is 6.73 Å². The minimum absolute atomic E-state index is 0.0303. The van der Waals surface area contributed by atoms with Gasteiger partial charge in [0.25, 0.3) is 0 Å². The van der Waals surface area contributed by atoms with E-state index in [1.807, 2.05) is 6.92 Å². The number of sulfonamides is 1. The van der Waals surface area contributed by atoms with E-state index in [2.05, 4.69) is 10.6 Å². The minimum atomic E-state index is -3.76. The second kappa shape index (κ2) is 8.36. The molecule has 2 aromatic rings. The van der Waals surface area contributed by atoms with Gasteiger partial charge >= 0.3 is 6.03 Å². The average Bonchev–Trinajstić information content (AvgIpc) is 2.56. The van der Waals surface area contributed by atoms with Crippen molar-refractivity contribution < 1.29 is 22.7 Å². The Morgan fingerprint density at radius 1 is 1.00 bits per heavy atom. The Morgan fingerprint density at radius 3 is 2.08 bits per heavy atom. The third kappa shape index (κ3) is 5.98. The van der Waals surface area contributed by atoms with Crippen LogP contribution >= 0.6 is 0 Å². The molecule has 25 heavy (non-hydrogen) atoms. The van der Waals surface area contributed by atoms with E-state index in [4.69, 9.17) is 14.6 Å². The maximum atomic E-state index is 11.8. The van der Waals surface area contributed by atoms with Gasteiger partial charge in [0.05, 0.1) is 11.5 Å². The summed E-state index contributed by atoms with van der Waals surface area (Å²) in [5.41, 5.74) is 0.422. The van der Waals surface area contributed by atoms with Crippen LogP contribution in [-0.2, 0) is 10.0 Å². The van der Waals surface area contributed by atoms with Gasteiger partial charge in [-0.2, -0.15) is 0 Å². The topological polar surface area (TPSA) is 120 Å². The molecule has 0 atom stereocenters. The number of hydrogen-bond donors (Lipinski definition) is 3. The molecule has 134 valence electrons. The molecule has 4 N–H and O–H groups in total. The lowest BCUT2D eigenvalue weighted by molar-refractivity contribution is 0.234. The number of anilines is 1. The average molecular weight is 365 g/mol. The number of carbonyl (C=O) groups excluding carboxylic acids is 1. The van der Waals surface area contributed by atoms with E-state index in [0.29, 0.717) is 18.0 Å². The van der Waals surface area contributed by atoms with Gasteiger partial charge < -0.3 is 20.1 Å². The summed E-state index contributed by atoms with van der Waals surface area (Å²) in [7, 11) is -3.76. The molecule has 2 rings (SSSR count). The minimum Gasteiger partial charge on any atom is -0.494 e. The predicted molar refractivity (Wildman–Crippen MR) is 93.1 cm³/mol. The van der Waals surface area contributed by atoms with Crippen LogP contribution in [0.2, 0.25) is 0 Å². The lowest BCUT2D eigenvalue weighted by atomic mass is 10.3. The zero-order chi connectivity index (χ0) is 18.3. The molecule has 0 aliphatic carbocycles. The number of carbonyl (C=O) groups is 1. The standard InChI is InChI=1S/C16H19N3O5S/c1-2-23-13-5-7-14(8-6-13)24-11-18-16(20)19-12-3-9-15(10-4-12)25(17,21)22/h3-10H,2,11H2,1H3,(H2,17,21,22)(H2,18,19,20). The first-order valence-electron chi connectivity index (χ1n) is 7.42. The number of primary sulfonamides is 1. The molecule has 2 amide bonds. The van der Waals surface area contributed by atoms with E-state index in [9.17, 15) is 13.2 Å². The number of rotatable bonds is 7. The quantitative estimate of drug-likeness (QED) is 0.647. The molecule has 8 nitrogen and oxygen atoms in total. The smallest absolute Gasteiger partial charge is 0.321 e. The van der Waals surface area contributed by atoms with Gasteiger partial charge in [-0.1, -0.05) is 0 Å². The highest BCUT2D eigenvalue weighted by Crippen LogP contribution is 2.17. The van der Waals surface area contributed by atoms with Crippen molar-refractivity contribution in [1.29, 1.82) is 0 Å². The Hall–Kier alpha value is -2.78. The maximum absolute atomic E-state index is 11.8. The highest BCUT2D eigenvalue weighted by molar-refractivity contribution is 7.89. The molecule has 0 aliphatic heterocycles. The van der Waals surface area contributed by atoms with Gasteiger partial charge in [-0.3, -0.25) is 0 Å². The van der Waals surface area contributed by atoms with E-state index in [1.165, 1.54) is 24.3 Å². The Balaban J connectivity index is 1.78. The molecule has 0 heterocycles. The number of nitrogens with two attached hydrogens (primary N) is 1. The zero-order valence-electron chi connectivity index (χ0n) is 13.6. The molecule has 0 aromatic heterocycles. The molecule has 2 aromatic carbocycles. The predicted octanol–water partition coefficient (Wildman–Crippen LogP) is 1.89. The molecule has 0 bridgehead atoms. The monoisotopic (exact) mass is 365 g/mol. The van der Waals surface area contributed by atoms with Gasteiger partial charge in [0.1, 0.15) is 11.5 Å². The highest BCUT2D eigenvalue weighted by Gasteiger charge is 2.08. The van der Waals surface area contributed by atoms with Gasteiger partial charge in [0.2, 0.25) is 10.0 Å². The van der Waals surface area contributed by atoms with Crippen LogP contribution in [0.5, 0.6) is 11.5 Å². The molecule has 0 radical (unpaired) electrons. The Labute approximate surface area is 146 Å². The van der Waals surface area contributed by atoms with Gasteiger partial charge in [0, 0.05) is 5.69 Å². The first-order chi connectivity index (χ1) is 11.9. The molecule has 0 saturated carbocycles. The number of nitrogens with one attached hydrogen (secondary N) is 2. The van der Waals surface area contributed by atoms with Gasteiger partial charge in [-0.25, -0.2) is 18.4 Å². The summed E-state index contributed by atoms with van der Waals surface area (Å²) >= 11 is 0. The van der Waals surface area contributed by atoms with Crippen LogP contribution < -0.4 is 25.2 Å².